The number of rotatable bonds is 4. The molecular formula is C16H22N4O4. The predicted octanol–water partition coefficient (Wildman–Crippen LogP) is -0.403. The number of carbonyl (C=O) groups is 3. The first-order chi connectivity index (χ1) is 11.5. The van der Waals surface area contributed by atoms with Crippen molar-refractivity contribution in [2.75, 3.05) is 50.0 Å². The van der Waals surface area contributed by atoms with Gasteiger partial charge in [-0.05, 0) is 18.2 Å². The molecule has 1 aliphatic rings. The smallest absolute Gasteiger partial charge is 0.323 e. The number of hydrogen-bond acceptors (Lipinski definition) is 6. The molecule has 1 heterocycles. The predicted molar refractivity (Wildman–Crippen MR) is 89.3 cm³/mol. The lowest BCUT2D eigenvalue weighted by Gasteiger charge is -2.26. The van der Waals surface area contributed by atoms with Crippen molar-refractivity contribution in [3.05, 3.63) is 24.3 Å². The molecule has 1 aromatic rings. The number of morpholine rings is 1. The summed E-state index contributed by atoms with van der Waals surface area (Å²) in [5.41, 5.74) is 6.35. The van der Waals surface area contributed by atoms with E-state index in [2.05, 4.69) is 10.2 Å². The molecular weight excluding hydrogens is 312 g/mol. The summed E-state index contributed by atoms with van der Waals surface area (Å²) < 4.78 is 5.24. The molecule has 1 saturated heterocycles. The third-order valence-electron chi connectivity index (χ3n) is 3.66. The van der Waals surface area contributed by atoms with Crippen molar-refractivity contribution in [3.63, 3.8) is 0 Å². The molecule has 0 unspecified atom stereocenters. The second kappa shape index (κ2) is 8.42. The zero-order chi connectivity index (χ0) is 17.5. The number of benzene rings is 1. The van der Waals surface area contributed by atoms with Crippen molar-refractivity contribution in [3.8, 4) is 0 Å². The van der Waals surface area contributed by atoms with Crippen LogP contribution in [0.25, 0.3) is 0 Å². The fraction of sp³-hybridized carbons (Fsp3) is 0.438. The van der Waals surface area contributed by atoms with Crippen LogP contribution in [0.1, 0.15) is 6.92 Å². The van der Waals surface area contributed by atoms with Crippen LogP contribution < -0.4 is 16.0 Å². The fourth-order valence-corrected chi connectivity index (χ4v) is 2.44. The lowest BCUT2D eigenvalue weighted by molar-refractivity contribution is -0.139. The van der Waals surface area contributed by atoms with Gasteiger partial charge in [0.05, 0.1) is 18.9 Å². The minimum absolute atomic E-state index is 0.274. The van der Waals surface area contributed by atoms with Crippen molar-refractivity contribution in [1.29, 1.82) is 0 Å². The van der Waals surface area contributed by atoms with Gasteiger partial charge in [-0.15, -0.1) is 0 Å². The SMILES string of the molecule is CC(=O)N(C(=O)C(=O)NCCN1CCOCC1)c1cccc(N)c1. The summed E-state index contributed by atoms with van der Waals surface area (Å²) in [5, 5.41) is 2.55. The fourth-order valence-electron chi connectivity index (χ4n) is 2.44. The average molecular weight is 334 g/mol. The van der Waals surface area contributed by atoms with E-state index < -0.39 is 17.7 Å². The van der Waals surface area contributed by atoms with Crippen molar-refractivity contribution >= 4 is 29.1 Å². The first-order valence-electron chi connectivity index (χ1n) is 7.77. The van der Waals surface area contributed by atoms with Gasteiger partial charge in [-0.1, -0.05) is 6.07 Å². The minimum Gasteiger partial charge on any atom is -0.399 e. The summed E-state index contributed by atoms with van der Waals surface area (Å²) in [5.74, 6) is -2.29. The highest BCUT2D eigenvalue weighted by atomic mass is 16.5. The maximum atomic E-state index is 12.3. The summed E-state index contributed by atoms with van der Waals surface area (Å²) in [6, 6.07) is 6.27. The van der Waals surface area contributed by atoms with Gasteiger partial charge in [-0.25, -0.2) is 4.90 Å². The maximum absolute atomic E-state index is 12.3. The van der Waals surface area contributed by atoms with Crippen molar-refractivity contribution in [2.24, 2.45) is 0 Å². The Morgan fingerprint density at radius 3 is 2.62 bits per heavy atom. The summed E-state index contributed by atoms with van der Waals surface area (Å²) in [6.07, 6.45) is 0. The maximum Gasteiger partial charge on any atom is 0.323 e. The Morgan fingerprint density at radius 1 is 1.29 bits per heavy atom. The van der Waals surface area contributed by atoms with Crippen LogP contribution in [0.3, 0.4) is 0 Å². The molecule has 1 aliphatic heterocycles. The Balaban J connectivity index is 1.93. The van der Waals surface area contributed by atoms with Gasteiger partial charge < -0.3 is 15.8 Å². The number of ether oxygens (including phenoxy) is 1. The molecule has 0 radical (unpaired) electrons. The molecule has 1 aromatic carbocycles. The topological polar surface area (TPSA) is 105 Å². The summed E-state index contributed by atoms with van der Waals surface area (Å²) in [6.45, 7) is 5.11. The van der Waals surface area contributed by atoms with E-state index in [0.29, 0.717) is 32.0 Å². The molecule has 1 fully saturated rings. The molecule has 130 valence electrons. The highest BCUT2D eigenvalue weighted by Gasteiger charge is 2.26. The molecule has 3 N–H and O–H groups in total. The summed E-state index contributed by atoms with van der Waals surface area (Å²) in [7, 11) is 0. The number of nitrogens with zero attached hydrogens (tertiary/aromatic N) is 2. The average Bonchev–Trinajstić information content (AvgIpc) is 2.55. The first kappa shape index (κ1) is 17.9. The van der Waals surface area contributed by atoms with Gasteiger partial charge in [0.15, 0.2) is 0 Å². The molecule has 0 spiro atoms. The Morgan fingerprint density at radius 2 is 2.00 bits per heavy atom. The highest BCUT2D eigenvalue weighted by Crippen LogP contribution is 2.18. The van der Waals surface area contributed by atoms with Crippen LogP contribution in [-0.2, 0) is 19.1 Å². The normalized spacial score (nSPS) is 14.9. The van der Waals surface area contributed by atoms with Gasteiger partial charge in [0.2, 0.25) is 5.91 Å². The Labute approximate surface area is 140 Å². The van der Waals surface area contributed by atoms with Gasteiger partial charge in [-0.3, -0.25) is 19.3 Å². The molecule has 0 saturated carbocycles. The Hall–Kier alpha value is -2.45. The van der Waals surface area contributed by atoms with Gasteiger partial charge in [0, 0.05) is 38.8 Å². The molecule has 0 bridgehead atoms. The number of nitrogens with two attached hydrogens (primary N) is 1. The van der Waals surface area contributed by atoms with Crippen LogP contribution in [-0.4, -0.2) is 62.0 Å². The van der Waals surface area contributed by atoms with Crippen LogP contribution in [0.2, 0.25) is 0 Å². The summed E-state index contributed by atoms with van der Waals surface area (Å²) in [4.78, 5) is 39.1. The first-order valence-corrected chi connectivity index (χ1v) is 7.77. The molecule has 24 heavy (non-hydrogen) atoms. The van der Waals surface area contributed by atoms with E-state index in [1.165, 1.54) is 13.0 Å². The molecule has 3 amide bonds. The largest absolute Gasteiger partial charge is 0.399 e. The van der Waals surface area contributed by atoms with E-state index in [4.69, 9.17) is 10.5 Å². The third-order valence-corrected chi connectivity index (χ3v) is 3.66. The van der Waals surface area contributed by atoms with Crippen molar-refractivity contribution in [2.45, 2.75) is 6.92 Å². The van der Waals surface area contributed by atoms with Gasteiger partial charge >= 0.3 is 11.8 Å². The second-order valence-electron chi connectivity index (χ2n) is 5.46. The van der Waals surface area contributed by atoms with E-state index in [-0.39, 0.29) is 5.69 Å². The van der Waals surface area contributed by atoms with E-state index in [9.17, 15) is 14.4 Å². The van der Waals surface area contributed by atoms with Gasteiger partial charge in [0.1, 0.15) is 0 Å². The zero-order valence-corrected chi connectivity index (χ0v) is 13.7. The number of nitrogens with one attached hydrogen (secondary N) is 1. The van der Waals surface area contributed by atoms with E-state index in [1.54, 1.807) is 18.2 Å². The highest BCUT2D eigenvalue weighted by molar-refractivity contribution is 6.45. The van der Waals surface area contributed by atoms with Crippen LogP contribution in [0.15, 0.2) is 24.3 Å². The Kier molecular flexibility index (Phi) is 6.28. The number of nitrogen functional groups attached to an aromatic ring is 1. The minimum atomic E-state index is -0.921. The standard InChI is InChI=1S/C16H22N4O4/c1-12(21)20(14-4-2-3-13(17)11-14)16(23)15(22)18-5-6-19-7-9-24-10-8-19/h2-4,11H,5-10,17H2,1H3,(H,18,22). The summed E-state index contributed by atoms with van der Waals surface area (Å²) >= 11 is 0. The van der Waals surface area contributed by atoms with E-state index in [0.717, 1.165) is 18.0 Å². The lowest BCUT2D eigenvalue weighted by atomic mass is 10.2. The molecule has 8 heteroatoms. The van der Waals surface area contributed by atoms with Crippen LogP contribution in [0, 0.1) is 0 Å². The molecule has 8 nitrogen and oxygen atoms in total. The molecule has 0 atom stereocenters. The van der Waals surface area contributed by atoms with E-state index >= 15 is 0 Å². The van der Waals surface area contributed by atoms with Crippen LogP contribution >= 0.6 is 0 Å². The lowest BCUT2D eigenvalue weighted by Crippen LogP contribution is -2.48. The van der Waals surface area contributed by atoms with Crippen molar-refractivity contribution in [1.82, 2.24) is 10.2 Å². The van der Waals surface area contributed by atoms with E-state index in [1.807, 2.05) is 0 Å². The van der Waals surface area contributed by atoms with Crippen LogP contribution in [0.4, 0.5) is 11.4 Å². The van der Waals surface area contributed by atoms with Crippen LogP contribution in [0.5, 0.6) is 0 Å². The number of anilines is 2. The van der Waals surface area contributed by atoms with Crippen molar-refractivity contribution < 1.29 is 19.1 Å². The second-order valence-corrected chi connectivity index (χ2v) is 5.46. The Bertz CT molecular complexity index is 614. The zero-order valence-electron chi connectivity index (χ0n) is 13.7. The number of imide groups is 1. The number of carbonyl (C=O) groups excluding carboxylic acids is 3. The monoisotopic (exact) mass is 334 g/mol. The quantitative estimate of drug-likeness (QED) is 0.573. The van der Waals surface area contributed by atoms with Gasteiger partial charge in [0.25, 0.3) is 0 Å². The molecule has 2 rings (SSSR count). The van der Waals surface area contributed by atoms with Gasteiger partial charge in [-0.2, -0.15) is 0 Å². The number of amides is 3. The third kappa shape index (κ3) is 4.77. The molecule has 0 aromatic heterocycles. The number of hydrogen-bond donors (Lipinski definition) is 2. The molecule has 0 aliphatic carbocycles.